The number of para-hydroxylation sites is 1. The number of benzene rings is 2. The molecule has 0 fully saturated rings. The van der Waals surface area contributed by atoms with Crippen molar-refractivity contribution in [3.05, 3.63) is 76.9 Å². The molecule has 2 aromatic carbocycles. The average Bonchev–Trinajstić information content (AvgIpc) is 2.96. The zero-order valence-corrected chi connectivity index (χ0v) is 16.9. The van der Waals surface area contributed by atoms with E-state index in [0.717, 1.165) is 12.1 Å². The van der Waals surface area contributed by atoms with E-state index in [-0.39, 0.29) is 11.3 Å². The van der Waals surface area contributed by atoms with Crippen LogP contribution in [0.3, 0.4) is 0 Å². The largest absolute Gasteiger partial charge is 0.490 e. The molecule has 0 unspecified atom stereocenters. The number of fused-ring (bicyclic) bond motifs is 1. The highest BCUT2D eigenvalue weighted by Crippen LogP contribution is 2.40. The van der Waals surface area contributed by atoms with Crippen molar-refractivity contribution in [2.75, 3.05) is 23.4 Å². The van der Waals surface area contributed by atoms with Gasteiger partial charge in [0.05, 0.1) is 28.4 Å². The first-order chi connectivity index (χ1) is 14.8. The number of rotatable bonds is 3. The number of nitrogens with zero attached hydrogens (tertiary/aromatic N) is 2. The molecule has 0 spiro atoms. The van der Waals surface area contributed by atoms with Crippen LogP contribution in [0.5, 0.6) is 5.75 Å². The van der Waals surface area contributed by atoms with Gasteiger partial charge in [-0.1, -0.05) is 17.7 Å². The maximum Gasteiger partial charge on any atom is 0.416 e. The van der Waals surface area contributed by atoms with Gasteiger partial charge in [-0.05, 0) is 55.0 Å². The van der Waals surface area contributed by atoms with Crippen molar-refractivity contribution in [3.8, 4) is 5.75 Å². The Kier molecular flexibility index (Phi) is 5.73. The summed E-state index contributed by atoms with van der Waals surface area (Å²) in [5, 5.41) is 3.09. The third-order valence-electron chi connectivity index (χ3n) is 4.77. The first-order valence-electron chi connectivity index (χ1n) is 9.47. The molecule has 0 bridgehead atoms. The van der Waals surface area contributed by atoms with Crippen molar-refractivity contribution in [1.29, 1.82) is 0 Å². The highest BCUT2D eigenvalue weighted by Gasteiger charge is 2.30. The molecule has 3 aromatic rings. The van der Waals surface area contributed by atoms with Gasteiger partial charge in [0.25, 0.3) is 5.91 Å². The van der Waals surface area contributed by atoms with Gasteiger partial charge in [-0.2, -0.15) is 13.2 Å². The second-order valence-electron chi connectivity index (χ2n) is 6.85. The number of hydrogen-bond acceptors (Lipinski definition) is 4. The highest BCUT2D eigenvalue weighted by molar-refractivity contribution is 6.33. The first-order valence-corrected chi connectivity index (χ1v) is 9.85. The summed E-state index contributed by atoms with van der Waals surface area (Å²) in [6.45, 7) is 0.978. The van der Waals surface area contributed by atoms with Crippen molar-refractivity contribution >= 4 is 34.7 Å². The minimum absolute atomic E-state index is 0.244. The van der Waals surface area contributed by atoms with Gasteiger partial charge in [-0.15, -0.1) is 0 Å². The number of carbonyl (C=O) groups excluding carboxylic acids is 1. The molecule has 0 radical (unpaired) electrons. The summed E-state index contributed by atoms with van der Waals surface area (Å²) in [5.74, 6) is 0.424. The van der Waals surface area contributed by atoms with E-state index in [1.54, 1.807) is 36.5 Å². The van der Waals surface area contributed by atoms with E-state index in [1.165, 1.54) is 12.1 Å². The summed E-state index contributed by atoms with van der Waals surface area (Å²) in [6, 6.07) is 12.8. The third-order valence-corrected chi connectivity index (χ3v) is 5.06. The van der Waals surface area contributed by atoms with Crippen LogP contribution in [0.15, 0.2) is 60.8 Å². The Balaban J connectivity index is 1.65. The van der Waals surface area contributed by atoms with Crippen molar-refractivity contribution in [2.24, 2.45) is 0 Å². The Labute approximate surface area is 181 Å². The molecular formula is C22H17ClF3N3O2. The zero-order valence-electron chi connectivity index (χ0n) is 16.1. The predicted molar refractivity (Wildman–Crippen MR) is 112 cm³/mol. The molecule has 1 amide bonds. The van der Waals surface area contributed by atoms with Gasteiger partial charge in [0, 0.05) is 18.4 Å². The quantitative estimate of drug-likeness (QED) is 0.541. The molecule has 4 rings (SSSR count). The fraction of sp³-hybridized carbons (Fsp3) is 0.182. The van der Waals surface area contributed by atoms with Crippen LogP contribution in [0, 0.1) is 0 Å². The SMILES string of the molecule is O=C(Nc1ccc(C(F)(F)F)cc1)c1cccc2c1OCCCN2c1ncccc1Cl. The van der Waals surface area contributed by atoms with Gasteiger partial charge in [0.1, 0.15) is 0 Å². The average molecular weight is 448 g/mol. The predicted octanol–water partition coefficient (Wildman–Crippen LogP) is 5.93. The standard InChI is InChI=1S/C22H17ClF3N3O2/c23-17-5-2-11-27-20(17)29-12-3-13-31-19-16(4-1-6-18(19)29)21(30)28-15-9-7-14(8-10-15)22(24,25)26/h1-2,4-11H,3,12-13H2,(H,28,30). The van der Waals surface area contributed by atoms with Crippen molar-refractivity contribution in [2.45, 2.75) is 12.6 Å². The molecule has 2 heterocycles. The van der Waals surface area contributed by atoms with Gasteiger partial charge in [-0.25, -0.2) is 4.98 Å². The van der Waals surface area contributed by atoms with E-state index in [0.29, 0.717) is 41.8 Å². The molecule has 31 heavy (non-hydrogen) atoms. The molecule has 0 saturated heterocycles. The summed E-state index contributed by atoms with van der Waals surface area (Å²) >= 11 is 6.33. The minimum atomic E-state index is -4.44. The van der Waals surface area contributed by atoms with E-state index in [4.69, 9.17) is 16.3 Å². The van der Waals surface area contributed by atoms with Gasteiger partial charge < -0.3 is 15.0 Å². The molecule has 9 heteroatoms. The highest BCUT2D eigenvalue weighted by atomic mass is 35.5. The number of anilines is 3. The fourth-order valence-electron chi connectivity index (χ4n) is 3.32. The second kappa shape index (κ2) is 8.47. The maximum absolute atomic E-state index is 12.9. The van der Waals surface area contributed by atoms with Gasteiger partial charge in [-0.3, -0.25) is 4.79 Å². The topological polar surface area (TPSA) is 54.5 Å². The Morgan fingerprint density at radius 3 is 2.58 bits per heavy atom. The van der Waals surface area contributed by atoms with E-state index in [2.05, 4.69) is 10.3 Å². The number of carbonyl (C=O) groups is 1. The van der Waals surface area contributed by atoms with Crippen LogP contribution in [0.1, 0.15) is 22.3 Å². The normalized spacial score (nSPS) is 13.7. The monoisotopic (exact) mass is 447 g/mol. The van der Waals surface area contributed by atoms with Crippen LogP contribution < -0.4 is 15.0 Å². The number of aromatic nitrogens is 1. The number of amides is 1. The van der Waals surface area contributed by atoms with Gasteiger partial charge in [0.2, 0.25) is 0 Å². The van der Waals surface area contributed by atoms with Crippen LogP contribution in [-0.2, 0) is 6.18 Å². The third kappa shape index (κ3) is 4.44. The number of halogens is 4. The van der Waals surface area contributed by atoms with E-state index in [1.807, 2.05) is 4.90 Å². The Morgan fingerprint density at radius 1 is 1.10 bits per heavy atom. The molecule has 1 aliphatic rings. The summed E-state index contributed by atoms with van der Waals surface area (Å²) in [6.07, 6.45) is -2.13. The van der Waals surface area contributed by atoms with E-state index >= 15 is 0 Å². The van der Waals surface area contributed by atoms with Gasteiger partial charge in [0.15, 0.2) is 11.6 Å². The molecule has 1 N–H and O–H groups in total. The van der Waals surface area contributed by atoms with Crippen LogP contribution in [0.4, 0.5) is 30.4 Å². The molecule has 1 aromatic heterocycles. The first kappa shape index (κ1) is 21.0. The van der Waals surface area contributed by atoms with Crippen molar-refractivity contribution in [3.63, 3.8) is 0 Å². The molecule has 160 valence electrons. The summed E-state index contributed by atoms with van der Waals surface area (Å²) in [7, 11) is 0. The lowest BCUT2D eigenvalue weighted by Crippen LogP contribution is -2.20. The Hall–Kier alpha value is -3.26. The summed E-state index contributed by atoms with van der Waals surface area (Å²) in [4.78, 5) is 19.2. The minimum Gasteiger partial charge on any atom is -0.490 e. The summed E-state index contributed by atoms with van der Waals surface area (Å²) in [5.41, 5.74) is 0.355. The molecular weight excluding hydrogens is 431 g/mol. The molecule has 0 aliphatic carbocycles. The molecule has 0 atom stereocenters. The zero-order chi connectivity index (χ0) is 22.0. The van der Waals surface area contributed by atoms with E-state index in [9.17, 15) is 18.0 Å². The fourth-order valence-corrected chi connectivity index (χ4v) is 3.55. The van der Waals surface area contributed by atoms with Crippen molar-refractivity contribution < 1.29 is 22.7 Å². The second-order valence-corrected chi connectivity index (χ2v) is 7.25. The number of nitrogens with one attached hydrogen (secondary N) is 1. The number of pyridine rings is 1. The smallest absolute Gasteiger partial charge is 0.416 e. The number of hydrogen-bond donors (Lipinski definition) is 1. The Bertz CT molecular complexity index is 1100. The molecule has 5 nitrogen and oxygen atoms in total. The number of alkyl halides is 3. The maximum atomic E-state index is 12.9. The molecule has 1 aliphatic heterocycles. The lowest BCUT2D eigenvalue weighted by Gasteiger charge is -2.24. The lowest BCUT2D eigenvalue weighted by molar-refractivity contribution is -0.137. The van der Waals surface area contributed by atoms with Crippen molar-refractivity contribution in [1.82, 2.24) is 4.98 Å². The Morgan fingerprint density at radius 2 is 1.87 bits per heavy atom. The molecule has 0 saturated carbocycles. The summed E-state index contributed by atoms with van der Waals surface area (Å²) < 4.78 is 44.1. The van der Waals surface area contributed by atoms with Crippen LogP contribution in [0.25, 0.3) is 0 Å². The van der Waals surface area contributed by atoms with Crippen LogP contribution in [-0.4, -0.2) is 24.0 Å². The number of ether oxygens (including phenoxy) is 1. The van der Waals surface area contributed by atoms with Gasteiger partial charge >= 0.3 is 6.18 Å². The van der Waals surface area contributed by atoms with Crippen LogP contribution in [0.2, 0.25) is 5.02 Å². The van der Waals surface area contributed by atoms with Crippen LogP contribution >= 0.6 is 11.6 Å². The van der Waals surface area contributed by atoms with E-state index < -0.39 is 17.6 Å². The lowest BCUT2D eigenvalue weighted by atomic mass is 10.1.